The van der Waals surface area contributed by atoms with E-state index in [2.05, 4.69) is 25.0 Å². The van der Waals surface area contributed by atoms with Gasteiger partial charge in [0.15, 0.2) is 5.69 Å². The van der Waals surface area contributed by atoms with Crippen molar-refractivity contribution in [3.63, 3.8) is 0 Å². The number of carbonyl (C=O) groups excluding carboxylic acids is 1. The molecule has 1 saturated heterocycles. The molecule has 1 aromatic carbocycles. The predicted molar refractivity (Wildman–Crippen MR) is 159 cm³/mol. The van der Waals surface area contributed by atoms with Gasteiger partial charge < -0.3 is 10.2 Å². The van der Waals surface area contributed by atoms with E-state index in [4.69, 9.17) is 16.6 Å². The number of alkyl halides is 2. The summed E-state index contributed by atoms with van der Waals surface area (Å²) >= 11 is 7.24. The molecule has 6 rings (SSSR count). The van der Waals surface area contributed by atoms with Crippen LogP contribution in [-0.4, -0.2) is 49.6 Å². The van der Waals surface area contributed by atoms with Crippen molar-refractivity contribution in [2.45, 2.75) is 32.4 Å². The minimum absolute atomic E-state index is 0.0168. The van der Waals surface area contributed by atoms with Crippen LogP contribution in [0.15, 0.2) is 41.3 Å². The molecule has 2 aliphatic rings. The number of hydrogen-bond donors (Lipinski definition) is 2. The number of anilines is 2. The van der Waals surface area contributed by atoms with Gasteiger partial charge in [-0.1, -0.05) is 29.6 Å². The maximum Gasteiger partial charge on any atom is 0.333 e. The minimum Gasteiger partial charge on any atom is -0.377 e. The van der Waals surface area contributed by atoms with Crippen molar-refractivity contribution in [1.82, 2.24) is 29.0 Å². The van der Waals surface area contributed by atoms with Gasteiger partial charge in [0.05, 0.1) is 22.6 Å². The van der Waals surface area contributed by atoms with Crippen LogP contribution in [0.5, 0.6) is 0 Å². The van der Waals surface area contributed by atoms with E-state index in [0.29, 0.717) is 41.3 Å². The lowest BCUT2D eigenvalue weighted by molar-refractivity contribution is 0.0531. The Morgan fingerprint density at radius 3 is 2.60 bits per heavy atom. The first-order valence-electron chi connectivity index (χ1n) is 13.4. The SMILES string of the molecule is CSNC(=O)c1nc(Cl)ccc1NC(C)c1cc(C)cc2c(=O)n(C)c(N3CC4C(C3)C4c3ccnn3C(F)F)nc12. The van der Waals surface area contributed by atoms with E-state index in [1.165, 1.54) is 6.20 Å². The summed E-state index contributed by atoms with van der Waals surface area (Å²) in [4.78, 5) is 37.5. The molecular weight excluding hydrogens is 586 g/mol. The highest BCUT2D eigenvalue weighted by atomic mass is 35.5. The Kier molecular flexibility index (Phi) is 7.34. The van der Waals surface area contributed by atoms with Crippen molar-refractivity contribution in [3.8, 4) is 0 Å². The van der Waals surface area contributed by atoms with Crippen molar-refractivity contribution in [2.75, 3.05) is 29.6 Å². The molecule has 3 atom stereocenters. The van der Waals surface area contributed by atoms with Crippen LogP contribution in [0.4, 0.5) is 20.4 Å². The van der Waals surface area contributed by atoms with Gasteiger partial charge in [0.2, 0.25) is 5.95 Å². The zero-order chi connectivity index (χ0) is 29.9. The maximum atomic E-state index is 13.6. The molecule has 0 spiro atoms. The highest BCUT2D eigenvalue weighted by Crippen LogP contribution is 2.58. The number of hydrogen-bond acceptors (Lipinski definition) is 8. The van der Waals surface area contributed by atoms with Crippen LogP contribution < -0.4 is 20.5 Å². The lowest BCUT2D eigenvalue weighted by Gasteiger charge is -2.25. The maximum absolute atomic E-state index is 13.6. The highest BCUT2D eigenvalue weighted by molar-refractivity contribution is 7.97. The Bertz CT molecular complexity index is 1750. The minimum atomic E-state index is -2.67. The molecule has 1 aliphatic carbocycles. The molecule has 3 aromatic heterocycles. The Morgan fingerprint density at radius 2 is 1.90 bits per heavy atom. The van der Waals surface area contributed by atoms with Gasteiger partial charge >= 0.3 is 6.55 Å². The van der Waals surface area contributed by atoms with Crippen LogP contribution in [0.3, 0.4) is 0 Å². The number of amides is 1. The van der Waals surface area contributed by atoms with Crippen LogP contribution in [0, 0.1) is 18.8 Å². The summed E-state index contributed by atoms with van der Waals surface area (Å²) in [5.41, 5.74) is 3.28. The third-order valence-electron chi connectivity index (χ3n) is 8.14. The fraction of sp³-hybridized carbons (Fsp3) is 0.393. The van der Waals surface area contributed by atoms with Crippen LogP contribution >= 0.6 is 23.5 Å². The summed E-state index contributed by atoms with van der Waals surface area (Å²) in [6.45, 7) is 2.39. The third-order valence-corrected chi connectivity index (χ3v) is 8.74. The molecule has 3 unspecified atom stereocenters. The number of pyridine rings is 1. The summed E-state index contributed by atoms with van der Waals surface area (Å²) in [5, 5.41) is 7.83. The molecule has 10 nitrogen and oxygen atoms in total. The standard InChI is InChI=1S/C28H29ClF2N8O2S/c1-13-9-15(14(2)33-19-5-6-21(29)34-24(19)25(40)36-42-4)23-16(10-13)26(41)37(3)28(35-23)38-11-17-18(12-38)22(17)20-7-8-32-39(20)27(30)31/h5-10,14,17-18,22,27,33H,11-12H2,1-4H3,(H,36,40). The van der Waals surface area contributed by atoms with Gasteiger partial charge in [-0.2, -0.15) is 13.9 Å². The predicted octanol–water partition coefficient (Wildman–Crippen LogP) is 4.91. The van der Waals surface area contributed by atoms with Gasteiger partial charge in [0, 0.05) is 49.8 Å². The number of fused-ring (bicyclic) bond motifs is 2. The van der Waals surface area contributed by atoms with E-state index in [-0.39, 0.29) is 46.1 Å². The second kappa shape index (κ2) is 10.8. The molecule has 4 heterocycles. The molecule has 2 fully saturated rings. The fourth-order valence-electron chi connectivity index (χ4n) is 6.21. The molecule has 0 bridgehead atoms. The molecule has 42 heavy (non-hydrogen) atoms. The number of halogens is 3. The van der Waals surface area contributed by atoms with Crippen LogP contribution in [0.25, 0.3) is 10.9 Å². The molecule has 220 valence electrons. The van der Waals surface area contributed by atoms with E-state index in [0.717, 1.165) is 27.8 Å². The van der Waals surface area contributed by atoms with Crippen molar-refractivity contribution >= 4 is 52.0 Å². The number of carbonyl (C=O) groups is 1. The molecule has 4 aromatic rings. The van der Waals surface area contributed by atoms with Crippen molar-refractivity contribution in [3.05, 3.63) is 74.6 Å². The molecule has 1 aliphatic heterocycles. The van der Waals surface area contributed by atoms with Gasteiger partial charge in [0.25, 0.3) is 11.5 Å². The Morgan fingerprint density at radius 1 is 1.17 bits per heavy atom. The topological polar surface area (TPSA) is 110 Å². The van der Waals surface area contributed by atoms with Gasteiger partial charge in [-0.3, -0.25) is 18.9 Å². The monoisotopic (exact) mass is 614 g/mol. The summed E-state index contributed by atoms with van der Waals surface area (Å²) in [6, 6.07) is 8.42. The average Bonchev–Trinajstić information content (AvgIpc) is 3.29. The van der Waals surface area contributed by atoms with E-state index in [1.807, 2.05) is 26.0 Å². The highest BCUT2D eigenvalue weighted by Gasteiger charge is 2.58. The van der Waals surface area contributed by atoms with Gasteiger partial charge in [0.1, 0.15) is 5.15 Å². The van der Waals surface area contributed by atoms with Crippen molar-refractivity contribution in [2.24, 2.45) is 18.9 Å². The number of nitrogens with zero attached hydrogens (tertiary/aromatic N) is 6. The first-order chi connectivity index (χ1) is 20.1. The van der Waals surface area contributed by atoms with Crippen molar-refractivity contribution < 1.29 is 13.6 Å². The second-order valence-corrected chi connectivity index (χ2v) is 11.8. The molecular formula is C28H29ClF2N8O2S. The van der Waals surface area contributed by atoms with E-state index < -0.39 is 6.55 Å². The summed E-state index contributed by atoms with van der Waals surface area (Å²) in [5.74, 6) is 0.543. The third kappa shape index (κ3) is 4.87. The smallest absolute Gasteiger partial charge is 0.333 e. The largest absolute Gasteiger partial charge is 0.377 e. The molecule has 0 radical (unpaired) electrons. The number of benzene rings is 1. The summed E-state index contributed by atoms with van der Waals surface area (Å²) in [6.07, 6.45) is 3.15. The van der Waals surface area contributed by atoms with Crippen LogP contribution in [-0.2, 0) is 7.05 Å². The summed E-state index contributed by atoms with van der Waals surface area (Å²) < 4.78 is 31.8. The zero-order valence-corrected chi connectivity index (χ0v) is 24.9. The number of rotatable bonds is 8. The van der Waals surface area contributed by atoms with Gasteiger partial charge in [-0.05, 0) is 55.5 Å². The first kappa shape index (κ1) is 28.4. The molecule has 1 saturated carbocycles. The second-order valence-electron chi connectivity index (χ2n) is 10.8. The Hall–Kier alpha value is -3.71. The van der Waals surface area contributed by atoms with Gasteiger partial charge in [-0.15, -0.1) is 0 Å². The number of nitrogens with one attached hydrogen (secondary N) is 2. The normalized spacial score (nSPS) is 20.2. The van der Waals surface area contributed by atoms with E-state index in [9.17, 15) is 18.4 Å². The number of piperidine rings is 1. The zero-order valence-electron chi connectivity index (χ0n) is 23.3. The number of aromatic nitrogens is 5. The lowest BCUT2D eigenvalue weighted by atomic mass is 10.0. The molecule has 14 heteroatoms. The Labute approximate surface area is 249 Å². The molecule has 1 amide bonds. The van der Waals surface area contributed by atoms with Crippen molar-refractivity contribution in [1.29, 1.82) is 0 Å². The Balaban J connectivity index is 1.32. The van der Waals surface area contributed by atoms with E-state index in [1.54, 1.807) is 36.1 Å². The van der Waals surface area contributed by atoms with Crippen LogP contribution in [0.2, 0.25) is 5.15 Å². The van der Waals surface area contributed by atoms with E-state index >= 15 is 0 Å². The van der Waals surface area contributed by atoms with Gasteiger partial charge in [-0.25, -0.2) is 14.6 Å². The molecule has 2 N–H and O–H groups in total. The average molecular weight is 615 g/mol. The fourth-order valence-corrected chi connectivity index (χ4v) is 6.64. The number of aryl methyl sites for hydroxylation is 1. The summed E-state index contributed by atoms with van der Waals surface area (Å²) in [7, 11) is 1.71. The lowest BCUT2D eigenvalue weighted by Crippen LogP contribution is -2.32. The quantitative estimate of drug-likeness (QED) is 0.213. The van der Waals surface area contributed by atoms with Crippen LogP contribution in [0.1, 0.15) is 52.7 Å². The first-order valence-corrected chi connectivity index (χ1v) is 15.0.